The van der Waals surface area contributed by atoms with Gasteiger partial charge in [-0.2, -0.15) is 0 Å². The SMILES string of the molecule is CC(=O)OC[C@H]1O[C@@H](O[C@@H]2[C@@H](OC(C)=O)[C@H](O[C@H]3[C@H](OC(C)=O)[C@@H](COC(C)=O)OC(O)[C@@H]3OC(C)=O)O[C@H](COC(C)=O)[C@H]2OC(C)=O)[C@H](OC(C)=O)[C@@H](OC(C)=O)[C@@H]1OC(C)=O. The third-order valence-corrected chi connectivity index (χ3v) is 8.84. The van der Waals surface area contributed by atoms with Gasteiger partial charge < -0.3 is 76.2 Å². The lowest BCUT2D eigenvalue weighted by atomic mass is 9.95. The number of rotatable bonds is 17. The second-order valence-electron chi connectivity index (χ2n) is 14.3. The first-order valence-electron chi connectivity index (χ1n) is 19.4. The summed E-state index contributed by atoms with van der Waals surface area (Å²) in [4.78, 5) is 124. The lowest BCUT2D eigenvalue weighted by molar-refractivity contribution is -0.380. The van der Waals surface area contributed by atoms with Crippen LogP contribution >= 0.6 is 0 Å². The number of aliphatic hydroxyl groups excluding tert-OH is 1. The van der Waals surface area contributed by atoms with Crippen LogP contribution in [0.5, 0.6) is 0 Å². The van der Waals surface area contributed by atoms with Crippen LogP contribution in [0.25, 0.3) is 0 Å². The Morgan fingerprint density at radius 3 is 0.906 bits per heavy atom. The molecule has 26 heteroatoms. The molecule has 3 saturated heterocycles. The molecule has 0 spiro atoms. The highest BCUT2D eigenvalue weighted by Gasteiger charge is 2.60. The molecule has 0 amide bonds. The van der Waals surface area contributed by atoms with Crippen molar-refractivity contribution in [1.82, 2.24) is 0 Å². The standard InChI is InChI=1S/C38H52O26/c1-14(39)50-11-24-27(53-17(4)42)30(33(36(49)60-24)57-21(8)46)63-38-35(59-23(10)48)32(29(55-19(6)44)26(62-38)13-52-16(3)41)64-37-34(58-22(9)47)31(56-20(7)45)28(54-18(5)43)25(61-37)12-51-15(2)40/h24-38,49H,11-13H2,1-10H3/t24-,25-,26-,27-,28-,29-,30+,31+,32+,33-,34-,35-,36?,37+,38+/m1/s1. The van der Waals surface area contributed by atoms with Crippen molar-refractivity contribution < 1.29 is 124 Å². The molecule has 3 fully saturated rings. The molecule has 3 aliphatic rings. The zero-order valence-electron chi connectivity index (χ0n) is 36.4. The average Bonchev–Trinajstić information content (AvgIpc) is 3.15. The zero-order valence-corrected chi connectivity index (χ0v) is 36.4. The maximum Gasteiger partial charge on any atom is 0.303 e. The Balaban J connectivity index is 2.33. The molecule has 26 nitrogen and oxygen atoms in total. The van der Waals surface area contributed by atoms with E-state index in [1.807, 2.05) is 0 Å². The number of ether oxygens (including phenoxy) is 15. The van der Waals surface area contributed by atoms with E-state index < -0.39 is 172 Å². The Morgan fingerprint density at radius 2 is 0.578 bits per heavy atom. The van der Waals surface area contributed by atoms with Gasteiger partial charge in [-0.05, 0) is 0 Å². The Hall–Kier alpha value is -5.54. The number of esters is 10. The van der Waals surface area contributed by atoms with Gasteiger partial charge in [-0.3, -0.25) is 47.9 Å². The van der Waals surface area contributed by atoms with Crippen LogP contribution in [-0.4, -0.2) is 177 Å². The maximum atomic E-state index is 12.9. The Kier molecular flexibility index (Phi) is 19.8. The molecule has 0 aromatic heterocycles. The van der Waals surface area contributed by atoms with Crippen LogP contribution in [0.2, 0.25) is 0 Å². The van der Waals surface area contributed by atoms with E-state index in [0.717, 1.165) is 69.2 Å². The Labute approximate surface area is 364 Å². The minimum atomic E-state index is -2.09. The summed E-state index contributed by atoms with van der Waals surface area (Å²) in [5.41, 5.74) is 0. The second-order valence-corrected chi connectivity index (χ2v) is 14.3. The molecule has 0 aromatic carbocycles. The first kappa shape index (κ1) is 52.8. The summed E-state index contributed by atoms with van der Waals surface area (Å²) in [6, 6.07) is 0. The molecule has 3 heterocycles. The molecular formula is C38H52O26. The van der Waals surface area contributed by atoms with E-state index in [4.69, 9.17) is 71.1 Å². The normalized spacial score (nSPS) is 32.3. The van der Waals surface area contributed by atoms with Crippen LogP contribution in [0.15, 0.2) is 0 Å². The van der Waals surface area contributed by atoms with Crippen LogP contribution in [0.4, 0.5) is 0 Å². The van der Waals surface area contributed by atoms with E-state index in [1.165, 1.54) is 0 Å². The summed E-state index contributed by atoms with van der Waals surface area (Å²) in [6.45, 7) is 7.65. The molecule has 0 aromatic rings. The predicted octanol–water partition coefficient (Wildman–Crippen LogP) is -1.86. The average molecular weight is 925 g/mol. The number of hydrogen-bond acceptors (Lipinski definition) is 26. The van der Waals surface area contributed by atoms with E-state index in [0.29, 0.717) is 0 Å². The van der Waals surface area contributed by atoms with Crippen LogP contribution in [-0.2, 0) is 119 Å². The summed E-state index contributed by atoms with van der Waals surface area (Å²) < 4.78 is 84.3. The lowest BCUT2D eigenvalue weighted by Gasteiger charge is -2.50. The van der Waals surface area contributed by atoms with Crippen molar-refractivity contribution in [1.29, 1.82) is 0 Å². The monoisotopic (exact) mass is 924 g/mol. The van der Waals surface area contributed by atoms with Crippen molar-refractivity contribution in [3.8, 4) is 0 Å². The smallest absolute Gasteiger partial charge is 0.303 e. The van der Waals surface area contributed by atoms with E-state index in [9.17, 15) is 53.1 Å². The number of hydrogen-bond donors (Lipinski definition) is 1. The molecule has 0 saturated carbocycles. The summed E-state index contributed by atoms with van der Waals surface area (Å²) in [5.74, 6) is -9.66. The second kappa shape index (κ2) is 23.9. The first-order valence-corrected chi connectivity index (χ1v) is 19.4. The third kappa shape index (κ3) is 15.6. The minimum Gasteiger partial charge on any atom is -0.463 e. The van der Waals surface area contributed by atoms with E-state index in [-0.39, 0.29) is 0 Å². The van der Waals surface area contributed by atoms with E-state index in [1.54, 1.807) is 0 Å². The predicted molar refractivity (Wildman–Crippen MR) is 197 cm³/mol. The summed E-state index contributed by atoms with van der Waals surface area (Å²) in [7, 11) is 0. The highest BCUT2D eigenvalue weighted by Crippen LogP contribution is 2.38. The van der Waals surface area contributed by atoms with Crippen LogP contribution < -0.4 is 0 Å². The number of aliphatic hydroxyl groups is 1. The van der Waals surface area contributed by atoms with Gasteiger partial charge in [0.25, 0.3) is 0 Å². The third-order valence-electron chi connectivity index (χ3n) is 8.84. The topological polar surface area (TPSA) is 329 Å². The molecule has 3 aliphatic heterocycles. The van der Waals surface area contributed by atoms with Gasteiger partial charge in [-0.25, -0.2) is 0 Å². The van der Waals surface area contributed by atoms with Gasteiger partial charge in [0.15, 0.2) is 61.6 Å². The molecule has 15 atom stereocenters. The van der Waals surface area contributed by atoms with Crippen LogP contribution in [0.3, 0.4) is 0 Å². The van der Waals surface area contributed by atoms with Crippen molar-refractivity contribution in [3.63, 3.8) is 0 Å². The molecule has 360 valence electrons. The highest BCUT2D eigenvalue weighted by atomic mass is 16.8. The molecule has 0 aliphatic carbocycles. The molecule has 0 radical (unpaired) electrons. The zero-order chi connectivity index (χ0) is 48.2. The largest absolute Gasteiger partial charge is 0.463 e. The van der Waals surface area contributed by atoms with E-state index >= 15 is 0 Å². The summed E-state index contributed by atoms with van der Waals surface area (Å²) in [5, 5.41) is 11.1. The van der Waals surface area contributed by atoms with Gasteiger partial charge in [-0.15, -0.1) is 0 Å². The lowest BCUT2D eigenvalue weighted by Crippen LogP contribution is -2.69. The van der Waals surface area contributed by atoms with Gasteiger partial charge in [-0.1, -0.05) is 0 Å². The van der Waals surface area contributed by atoms with Crippen molar-refractivity contribution in [2.45, 2.75) is 161 Å². The molecule has 3 rings (SSSR count). The highest BCUT2D eigenvalue weighted by molar-refractivity contribution is 5.70. The first-order chi connectivity index (χ1) is 29.9. The van der Waals surface area contributed by atoms with Crippen molar-refractivity contribution in [3.05, 3.63) is 0 Å². The quantitative estimate of drug-likeness (QED) is 0.123. The van der Waals surface area contributed by atoms with Crippen molar-refractivity contribution in [2.24, 2.45) is 0 Å². The number of carbonyl (C=O) groups excluding carboxylic acids is 10. The Bertz CT molecular complexity index is 1730. The summed E-state index contributed by atoms with van der Waals surface area (Å²) in [6.07, 6.45) is -27.7. The summed E-state index contributed by atoms with van der Waals surface area (Å²) >= 11 is 0. The van der Waals surface area contributed by atoms with Gasteiger partial charge in [0.1, 0.15) is 50.3 Å². The number of carbonyl (C=O) groups is 10. The molecule has 0 bridgehead atoms. The minimum absolute atomic E-state index is 0.672. The van der Waals surface area contributed by atoms with Gasteiger partial charge in [0, 0.05) is 69.2 Å². The maximum absolute atomic E-state index is 12.9. The van der Waals surface area contributed by atoms with Gasteiger partial charge >= 0.3 is 59.7 Å². The van der Waals surface area contributed by atoms with Crippen molar-refractivity contribution in [2.75, 3.05) is 19.8 Å². The fourth-order valence-corrected chi connectivity index (χ4v) is 6.77. The van der Waals surface area contributed by atoms with Gasteiger partial charge in [0.05, 0.1) is 0 Å². The van der Waals surface area contributed by atoms with Gasteiger partial charge in [0.2, 0.25) is 0 Å². The van der Waals surface area contributed by atoms with Crippen LogP contribution in [0, 0.1) is 0 Å². The molecule has 1 unspecified atom stereocenters. The van der Waals surface area contributed by atoms with E-state index in [2.05, 4.69) is 0 Å². The Morgan fingerprint density at radius 1 is 0.328 bits per heavy atom. The fourth-order valence-electron chi connectivity index (χ4n) is 6.77. The molecule has 64 heavy (non-hydrogen) atoms. The fraction of sp³-hybridized carbons (Fsp3) is 0.737. The molecule has 1 N–H and O–H groups in total. The van der Waals surface area contributed by atoms with Crippen LogP contribution in [0.1, 0.15) is 69.2 Å². The van der Waals surface area contributed by atoms with Crippen molar-refractivity contribution >= 4 is 59.7 Å². The molecular weight excluding hydrogens is 872 g/mol.